The lowest BCUT2D eigenvalue weighted by atomic mass is 9.99. The summed E-state index contributed by atoms with van der Waals surface area (Å²) < 4.78 is 5.30. The van der Waals surface area contributed by atoms with Crippen LogP contribution in [0.2, 0.25) is 0 Å². The quantitative estimate of drug-likeness (QED) is 0.307. The molecule has 0 aliphatic heterocycles. The number of ether oxygens (including phenoxy) is 1. The molecule has 0 radical (unpaired) electrons. The van der Waals surface area contributed by atoms with E-state index in [0.29, 0.717) is 5.56 Å². The van der Waals surface area contributed by atoms with Crippen molar-refractivity contribution in [2.75, 3.05) is 13.2 Å². The number of alkyl carbamates (subject to hydrolysis) is 1. The van der Waals surface area contributed by atoms with Gasteiger partial charge in [-0.2, -0.15) is 0 Å². The molecule has 10 heteroatoms. The number of primary amides is 1. The Labute approximate surface area is 229 Å². The van der Waals surface area contributed by atoms with Gasteiger partial charge in [-0.25, -0.2) is 4.79 Å². The van der Waals surface area contributed by atoms with Crippen molar-refractivity contribution in [1.29, 1.82) is 0 Å². The minimum absolute atomic E-state index is 0.109. The zero-order valence-corrected chi connectivity index (χ0v) is 23.1. The predicted octanol–water partition coefficient (Wildman–Crippen LogP) is 2.59. The molecule has 2 unspecified atom stereocenters. The number of hydrogen-bond acceptors (Lipinski definition) is 6. The Hall–Kier alpha value is -3.92. The van der Waals surface area contributed by atoms with Crippen molar-refractivity contribution in [3.05, 3.63) is 71.3 Å². The number of nitrogens with two attached hydrogens (primary N) is 1. The molecule has 0 bridgehead atoms. The number of nitrogens with one attached hydrogen (secondary N) is 2. The highest BCUT2D eigenvalue weighted by atomic mass is 16.6. The van der Waals surface area contributed by atoms with Crippen LogP contribution in [-0.2, 0) is 32.1 Å². The van der Waals surface area contributed by atoms with Crippen molar-refractivity contribution in [2.24, 2.45) is 5.73 Å². The van der Waals surface area contributed by atoms with E-state index >= 15 is 0 Å². The monoisotopic (exact) mass is 540 g/mol. The summed E-state index contributed by atoms with van der Waals surface area (Å²) in [5.41, 5.74) is 6.95. The summed E-state index contributed by atoms with van der Waals surface area (Å²) in [6.45, 7) is 6.64. The molecular weight excluding hydrogens is 500 g/mol. The second-order valence-corrected chi connectivity index (χ2v) is 10.2. The van der Waals surface area contributed by atoms with Crippen molar-refractivity contribution in [1.82, 2.24) is 15.5 Å². The van der Waals surface area contributed by atoms with Crippen LogP contribution in [0.25, 0.3) is 0 Å². The Morgan fingerprint density at radius 1 is 1.00 bits per heavy atom. The Morgan fingerprint density at radius 2 is 1.64 bits per heavy atom. The number of aryl methyl sites for hydroxylation is 1. The molecule has 2 rings (SSSR count). The van der Waals surface area contributed by atoms with Crippen molar-refractivity contribution >= 4 is 23.8 Å². The van der Waals surface area contributed by atoms with Gasteiger partial charge in [0.1, 0.15) is 17.7 Å². The topological polar surface area (TPSA) is 151 Å². The largest absolute Gasteiger partial charge is 0.444 e. The van der Waals surface area contributed by atoms with Gasteiger partial charge in [-0.1, -0.05) is 61.5 Å². The van der Waals surface area contributed by atoms with Crippen molar-refractivity contribution in [2.45, 2.75) is 71.2 Å². The van der Waals surface area contributed by atoms with Gasteiger partial charge in [0.05, 0.1) is 6.61 Å². The maximum atomic E-state index is 13.9. The zero-order chi connectivity index (χ0) is 29.0. The van der Waals surface area contributed by atoms with Crippen molar-refractivity contribution in [3.8, 4) is 0 Å². The minimum Gasteiger partial charge on any atom is -0.444 e. The lowest BCUT2D eigenvalue weighted by molar-refractivity contribution is -0.143. The van der Waals surface area contributed by atoms with E-state index in [4.69, 9.17) is 10.5 Å². The van der Waals surface area contributed by atoms with E-state index in [1.54, 1.807) is 32.9 Å². The first-order valence-corrected chi connectivity index (χ1v) is 13.0. The molecule has 10 nitrogen and oxygen atoms in total. The minimum atomic E-state index is -1.22. The molecule has 0 aliphatic rings. The van der Waals surface area contributed by atoms with E-state index in [1.165, 1.54) is 4.90 Å². The van der Waals surface area contributed by atoms with Crippen LogP contribution in [-0.4, -0.2) is 58.6 Å². The second kappa shape index (κ2) is 14.9. The van der Waals surface area contributed by atoms with Crippen LogP contribution in [0.1, 0.15) is 63.3 Å². The van der Waals surface area contributed by atoms with Gasteiger partial charge >= 0.3 is 6.09 Å². The molecule has 0 spiro atoms. The van der Waals surface area contributed by atoms with Crippen molar-refractivity contribution < 1.29 is 29.0 Å². The molecule has 2 aromatic carbocycles. The number of nitrogens with zero attached hydrogens (tertiary/aromatic N) is 1. The molecule has 0 aromatic heterocycles. The lowest BCUT2D eigenvalue weighted by Crippen LogP contribution is -2.53. The predicted molar refractivity (Wildman–Crippen MR) is 147 cm³/mol. The van der Waals surface area contributed by atoms with Gasteiger partial charge in [0.2, 0.25) is 17.7 Å². The van der Waals surface area contributed by atoms with Gasteiger partial charge in [-0.3, -0.25) is 14.4 Å². The Morgan fingerprint density at radius 3 is 2.18 bits per heavy atom. The molecule has 4 amide bonds. The standard InChI is InChI=1S/C29H40N4O6/c1-5-20-11-13-22(14-12-20)25(26(36)31-19-21-9-7-6-8-10-21)33(17-18-34)27(37)23(15-16-24(30)35)32-28(38)39-29(2,3)4/h6-14,23,25,34H,5,15-19H2,1-4H3,(H2,30,35)(H,31,36)(H,32,38). The van der Waals surface area contributed by atoms with Crippen LogP contribution >= 0.6 is 0 Å². The highest BCUT2D eigenvalue weighted by Crippen LogP contribution is 2.24. The summed E-state index contributed by atoms with van der Waals surface area (Å²) in [5, 5.41) is 15.3. The van der Waals surface area contributed by atoms with Crippen LogP contribution in [0.5, 0.6) is 0 Å². The SMILES string of the molecule is CCc1ccc(C(C(=O)NCc2ccccc2)N(CCO)C(=O)C(CCC(N)=O)NC(=O)OC(C)(C)C)cc1. The van der Waals surface area contributed by atoms with Gasteiger partial charge in [-0.15, -0.1) is 0 Å². The maximum absolute atomic E-state index is 13.9. The molecule has 0 heterocycles. The van der Waals surface area contributed by atoms with Gasteiger partial charge in [0.25, 0.3) is 0 Å². The molecule has 0 saturated carbocycles. The maximum Gasteiger partial charge on any atom is 0.408 e. The highest BCUT2D eigenvalue weighted by Gasteiger charge is 2.36. The number of hydrogen-bond donors (Lipinski definition) is 4. The summed E-state index contributed by atoms with van der Waals surface area (Å²) in [6, 6.07) is 14.3. The zero-order valence-electron chi connectivity index (χ0n) is 23.1. The number of benzene rings is 2. The van der Waals surface area contributed by atoms with Crippen LogP contribution < -0.4 is 16.4 Å². The van der Waals surface area contributed by atoms with Crippen molar-refractivity contribution in [3.63, 3.8) is 0 Å². The van der Waals surface area contributed by atoms with Crippen LogP contribution in [0, 0.1) is 0 Å². The summed E-state index contributed by atoms with van der Waals surface area (Å²) in [6.07, 6.45) is -0.358. The average Bonchev–Trinajstić information content (AvgIpc) is 2.89. The third-order valence-corrected chi connectivity index (χ3v) is 5.87. The molecule has 2 atom stereocenters. The van der Waals surface area contributed by atoms with Gasteiger partial charge in [0.15, 0.2) is 0 Å². The molecule has 5 N–H and O–H groups in total. The first kappa shape index (κ1) is 31.3. The normalized spacial score (nSPS) is 12.6. The molecule has 0 fully saturated rings. The van der Waals surface area contributed by atoms with Gasteiger partial charge in [-0.05, 0) is 50.3 Å². The number of aliphatic hydroxyl groups excluding tert-OH is 1. The molecule has 39 heavy (non-hydrogen) atoms. The number of aliphatic hydroxyl groups is 1. The third kappa shape index (κ3) is 10.4. The molecule has 212 valence electrons. The fourth-order valence-corrected chi connectivity index (χ4v) is 3.96. The molecule has 2 aromatic rings. The van der Waals surface area contributed by atoms with Crippen LogP contribution in [0.4, 0.5) is 4.79 Å². The fourth-order valence-electron chi connectivity index (χ4n) is 3.96. The number of amides is 4. The molecular formula is C29H40N4O6. The number of carbonyl (C=O) groups is 4. The summed E-state index contributed by atoms with van der Waals surface area (Å²) in [4.78, 5) is 52.8. The van der Waals surface area contributed by atoms with E-state index in [1.807, 2.05) is 49.4 Å². The molecule has 0 saturated heterocycles. The summed E-state index contributed by atoms with van der Waals surface area (Å²) >= 11 is 0. The van der Waals surface area contributed by atoms with E-state index in [0.717, 1.165) is 17.5 Å². The first-order chi connectivity index (χ1) is 18.4. The smallest absolute Gasteiger partial charge is 0.408 e. The van der Waals surface area contributed by atoms with E-state index in [2.05, 4.69) is 10.6 Å². The van der Waals surface area contributed by atoms with E-state index < -0.39 is 48.1 Å². The summed E-state index contributed by atoms with van der Waals surface area (Å²) in [5.74, 6) is -1.77. The molecule has 0 aliphatic carbocycles. The highest BCUT2D eigenvalue weighted by molar-refractivity contribution is 5.92. The third-order valence-electron chi connectivity index (χ3n) is 5.87. The number of carbonyl (C=O) groups excluding carboxylic acids is 4. The Bertz CT molecular complexity index is 1100. The Balaban J connectivity index is 2.44. The summed E-state index contributed by atoms with van der Waals surface area (Å²) in [7, 11) is 0. The first-order valence-electron chi connectivity index (χ1n) is 13.0. The van der Waals surface area contributed by atoms with Gasteiger partial charge < -0.3 is 31.1 Å². The van der Waals surface area contributed by atoms with Crippen LogP contribution in [0.15, 0.2) is 54.6 Å². The van der Waals surface area contributed by atoms with E-state index in [-0.39, 0.29) is 25.9 Å². The number of rotatable bonds is 13. The van der Waals surface area contributed by atoms with Crippen LogP contribution in [0.3, 0.4) is 0 Å². The van der Waals surface area contributed by atoms with Gasteiger partial charge in [0, 0.05) is 19.5 Å². The lowest BCUT2D eigenvalue weighted by Gasteiger charge is -2.34. The Kier molecular flexibility index (Phi) is 11.9. The average molecular weight is 541 g/mol. The fraction of sp³-hybridized carbons (Fsp3) is 0.448. The second-order valence-electron chi connectivity index (χ2n) is 10.2. The van der Waals surface area contributed by atoms with E-state index in [9.17, 15) is 24.3 Å².